The summed E-state index contributed by atoms with van der Waals surface area (Å²) >= 11 is 0. The number of aliphatic hydroxyl groups is 1. The molecule has 0 heterocycles. The number of ketones is 2. The van der Waals surface area contributed by atoms with E-state index in [4.69, 9.17) is 9.47 Å². The van der Waals surface area contributed by atoms with Gasteiger partial charge in [0.1, 0.15) is 22.8 Å². The number of allylic oxidation sites excluding steroid dienone is 4. The first kappa shape index (κ1) is 22.5. The Labute approximate surface area is 172 Å². The van der Waals surface area contributed by atoms with Crippen molar-refractivity contribution >= 4 is 17.6 Å². The number of carbonyl (C=O) groups excluding carboxylic acids is 2. The van der Waals surface area contributed by atoms with Crippen molar-refractivity contribution in [3.8, 4) is 5.75 Å². The second kappa shape index (κ2) is 9.59. The number of Topliss-reactive ketones (excluding diaryl/α,β-unsaturated/α-hetero) is 1. The first-order valence-corrected chi connectivity index (χ1v) is 10.1. The van der Waals surface area contributed by atoms with Gasteiger partial charge in [0.15, 0.2) is 11.6 Å². The molecule has 1 aromatic rings. The lowest BCUT2D eigenvalue weighted by molar-refractivity contribution is -0.128. The van der Waals surface area contributed by atoms with Crippen molar-refractivity contribution in [2.75, 3.05) is 13.7 Å². The summed E-state index contributed by atoms with van der Waals surface area (Å²) in [4.78, 5) is 26.2. The van der Waals surface area contributed by atoms with Gasteiger partial charge in [-0.05, 0) is 50.0 Å². The number of carbonyl (C=O) groups is 2. The van der Waals surface area contributed by atoms with E-state index in [0.717, 1.165) is 11.3 Å². The van der Waals surface area contributed by atoms with Gasteiger partial charge in [-0.2, -0.15) is 0 Å². The highest BCUT2D eigenvalue weighted by molar-refractivity contribution is 6.28. The fourth-order valence-corrected chi connectivity index (χ4v) is 3.86. The molecule has 0 aliphatic heterocycles. The Morgan fingerprint density at radius 2 is 1.72 bits per heavy atom. The maximum absolute atomic E-state index is 13.3. The van der Waals surface area contributed by atoms with Gasteiger partial charge < -0.3 is 14.6 Å². The van der Waals surface area contributed by atoms with Crippen LogP contribution >= 0.6 is 0 Å². The molecule has 0 saturated heterocycles. The molecule has 0 atom stereocenters. The quantitative estimate of drug-likeness (QED) is 0.458. The van der Waals surface area contributed by atoms with E-state index in [0.29, 0.717) is 37.2 Å². The average Bonchev–Trinajstić information content (AvgIpc) is 2.73. The second-order valence-electron chi connectivity index (χ2n) is 6.91. The molecule has 0 radical (unpaired) electrons. The van der Waals surface area contributed by atoms with Crippen LogP contribution in [-0.2, 0) is 14.3 Å². The summed E-state index contributed by atoms with van der Waals surface area (Å²) in [5, 5.41) is 10.7. The summed E-state index contributed by atoms with van der Waals surface area (Å²) in [6, 6.07) is 7.29. The topological polar surface area (TPSA) is 72.8 Å². The highest BCUT2D eigenvalue weighted by Gasteiger charge is 2.49. The normalized spacial score (nSPS) is 16.5. The van der Waals surface area contributed by atoms with Gasteiger partial charge in [-0.1, -0.05) is 39.0 Å². The predicted octanol–water partition coefficient (Wildman–Crippen LogP) is 5.18. The molecule has 0 unspecified atom stereocenters. The third-order valence-electron chi connectivity index (χ3n) is 5.52. The van der Waals surface area contributed by atoms with Crippen LogP contribution < -0.4 is 4.74 Å². The summed E-state index contributed by atoms with van der Waals surface area (Å²) < 4.78 is 11.0. The van der Waals surface area contributed by atoms with E-state index in [1.807, 2.05) is 52.0 Å². The zero-order valence-electron chi connectivity index (χ0n) is 17.9. The van der Waals surface area contributed by atoms with E-state index in [9.17, 15) is 14.7 Å². The van der Waals surface area contributed by atoms with E-state index in [1.54, 1.807) is 6.08 Å². The maximum Gasteiger partial charge on any atom is 0.193 e. The highest BCUT2D eigenvalue weighted by Crippen LogP contribution is 2.46. The van der Waals surface area contributed by atoms with Gasteiger partial charge in [0.05, 0.1) is 19.1 Å². The molecular formula is C24H30O5. The third kappa shape index (κ3) is 4.14. The summed E-state index contributed by atoms with van der Waals surface area (Å²) in [5.41, 5.74) is 0.234. The van der Waals surface area contributed by atoms with Crippen LogP contribution in [0.4, 0.5) is 0 Å². The first-order chi connectivity index (χ1) is 13.9. The molecule has 0 amide bonds. The van der Waals surface area contributed by atoms with Gasteiger partial charge in [0.25, 0.3) is 0 Å². The van der Waals surface area contributed by atoms with Gasteiger partial charge in [-0.3, -0.25) is 9.59 Å². The molecule has 0 spiro atoms. The third-order valence-corrected chi connectivity index (χ3v) is 5.52. The summed E-state index contributed by atoms with van der Waals surface area (Å²) in [6.45, 7) is 8.15. The van der Waals surface area contributed by atoms with Gasteiger partial charge in [-0.15, -0.1) is 0 Å². The Hall–Kier alpha value is -2.82. The Morgan fingerprint density at radius 3 is 2.21 bits per heavy atom. The number of rotatable bonds is 9. The molecule has 1 aromatic carbocycles. The molecule has 29 heavy (non-hydrogen) atoms. The van der Waals surface area contributed by atoms with E-state index in [2.05, 4.69) is 0 Å². The Bertz CT molecular complexity index is 852. The van der Waals surface area contributed by atoms with E-state index in [1.165, 1.54) is 13.2 Å². The zero-order valence-corrected chi connectivity index (χ0v) is 17.9. The van der Waals surface area contributed by atoms with Crippen molar-refractivity contribution in [2.24, 2.45) is 5.41 Å². The minimum absolute atomic E-state index is 0.159. The molecule has 0 saturated carbocycles. The fourth-order valence-electron chi connectivity index (χ4n) is 3.86. The maximum atomic E-state index is 13.3. The molecule has 1 aliphatic rings. The lowest BCUT2D eigenvalue weighted by Crippen LogP contribution is -2.40. The molecule has 156 valence electrons. The number of hydrogen-bond acceptors (Lipinski definition) is 5. The van der Waals surface area contributed by atoms with Crippen LogP contribution in [0, 0.1) is 5.41 Å². The summed E-state index contributed by atoms with van der Waals surface area (Å²) in [7, 11) is 1.50. The van der Waals surface area contributed by atoms with Crippen LogP contribution in [0.5, 0.6) is 5.75 Å². The smallest absolute Gasteiger partial charge is 0.193 e. The largest absolute Gasteiger partial charge is 0.507 e. The van der Waals surface area contributed by atoms with Crippen LogP contribution in [0.2, 0.25) is 0 Å². The zero-order chi connectivity index (χ0) is 21.6. The minimum Gasteiger partial charge on any atom is -0.507 e. The van der Waals surface area contributed by atoms with E-state index >= 15 is 0 Å². The first-order valence-electron chi connectivity index (χ1n) is 10.1. The Morgan fingerprint density at radius 1 is 1.10 bits per heavy atom. The Kier molecular flexibility index (Phi) is 7.43. The number of aliphatic hydroxyl groups excluding tert-OH is 1. The van der Waals surface area contributed by atoms with E-state index in [-0.39, 0.29) is 17.1 Å². The van der Waals surface area contributed by atoms with Crippen molar-refractivity contribution in [3.63, 3.8) is 0 Å². The molecule has 0 bridgehead atoms. The van der Waals surface area contributed by atoms with Gasteiger partial charge in [-0.25, -0.2) is 0 Å². The van der Waals surface area contributed by atoms with Crippen LogP contribution in [0.1, 0.15) is 52.5 Å². The van der Waals surface area contributed by atoms with Crippen molar-refractivity contribution < 1.29 is 24.2 Å². The van der Waals surface area contributed by atoms with Crippen molar-refractivity contribution in [2.45, 2.75) is 47.0 Å². The Balaban J connectivity index is 2.44. The van der Waals surface area contributed by atoms with Crippen molar-refractivity contribution in [3.05, 3.63) is 58.6 Å². The molecule has 2 rings (SSSR count). The molecule has 0 aromatic heterocycles. The van der Waals surface area contributed by atoms with Crippen LogP contribution in [0.15, 0.2) is 53.0 Å². The fraction of sp³-hybridized carbons (Fsp3) is 0.417. The number of hydrogen-bond donors (Lipinski definition) is 1. The standard InChI is InChI=1S/C24H30O5/c1-6-18-21(26)20(22(27)24(7-2,8-3)23(18)28-5)19(25)15-12-16-10-13-17(14-11-16)29-9-4/h10-15,26H,6-9H2,1-5H3/b15-12+. The van der Waals surface area contributed by atoms with E-state index < -0.39 is 11.2 Å². The lowest BCUT2D eigenvalue weighted by Gasteiger charge is -2.37. The summed E-state index contributed by atoms with van der Waals surface area (Å²) in [5.74, 6) is 0.0659. The molecule has 1 aliphatic carbocycles. The molecular weight excluding hydrogens is 368 g/mol. The molecule has 5 heteroatoms. The van der Waals surface area contributed by atoms with Crippen molar-refractivity contribution in [1.82, 2.24) is 0 Å². The van der Waals surface area contributed by atoms with Gasteiger partial charge in [0, 0.05) is 5.57 Å². The highest BCUT2D eigenvalue weighted by atomic mass is 16.5. The monoisotopic (exact) mass is 398 g/mol. The average molecular weight is 398 g/mol. The minimum atomic E-state index is -0.926. The molecule has 0 fully saturated rings. The number of methoxy groups -OCH3 is 1. The second-order valence-corrected chi connectivity index (χ2v) is 6.91. The van der Waals surface area contributed by atoms with Crippen LogP contribution in [-0.4, -0.2) is 30.4 Å². The number of ether oxygens (including phenoxy) is 2. The van der Waals surface area contributed by atoms with Crippen LogP contribution in [0.25, 0.3) is 6.08 Å². The van der Waals surface area contributed by atoms with Crippen molar-refractivity contribution in [1.29, 1.82) is 0 Å². The SMILES string of the molecule is CCOc1ccc(/C=C/C(=O)C2=C(O)C(CC)=C(OC)C(CC)(CC)C2=O)cc1. The lowest BCUT2D eigenvalue weighted by atomic mass is 9.68. The molecule has 1 N–H and O–H groups in total. The van der Waals surface area contributed by atoms with Gasteiger partial charge >= 0.3 is 0 Å². The van der Waals surface area contributed by atoms with Crippen LogP contribution in [0.3, 0.4) is 0 Å². The predicted molar refractivity (Wildman–Crippen MR) is 114 cm³/mol. The summed E-state index contributed by atoms with van der Waals surface area (Å²) in [6.07, 6.45) is 4.40. The molecule has 5 nitrogen and oxygen atoms in total. The van der Waals surface area contributed by atoms with Gasteiger partial charge in [0.2, 0.25) is 0 Å². The number of benzene rings is 1.